The zero-order valence-corrected chi connectivity index (χ0v) is 14.3. The van der Waals surface area contributed by atoms with Crippen LogP contribution in [-0.4, -0.2) is 36.6 Å². The molecular weight excluding hydrogens is 244 g/mol. The third-order valence-electron chi connectivity index (χ3n) is 4.67. The van der Waals surface area contributed by atoms with Crippen molar-refractivity contribution in [3.63, 3.8) is 0 Å². The van der Waals surface area contributed by atoms with Crippen molar-refractivity contribution in [1.82, 2.24) is 10.2 Å². The van der Waals surface area contributed by atoms with Crippen LogP contribution in [0.25, 0.3) is 0 Å². The lowest BCUT2D eigenvalue weighted by atomic mass is 10.0. The van der Waals surface area contributed by atoms with Gasteiger partial charge >= 0.3 is 0 Å². The van der Waals surface area contributed by atoms with Crippen molar-refractivity contribution in [1.29, 1.82) is 0 Å². The average molecular weight is 283 g/mol. The smallest absolute Gasteiger partial charge is 0.0221 e. The van der Waals surface area contributed by atoms with E-state index in [4.69, 9.17) is 0 Å². The number of nitrogens with one attached hydrogen (secondary N) is 1. The molecule has 2 nitrogen and oxygen atoms in total. The molecule has 1 aliphatic heterocycles. The highest BCUT2D eigenvalue weighted by atomic mass is 15.2. The summed E-state index contributed by atoms with van der Waals surface area (Å²) in [5.41, 5.74) is 0. The van der Waals surface area contributed by atoms with Gasteiger partial charge in [0.15, 0.2) is 0 Å². The SMILES string of the molecule is CCCCCCCCN1CC(CCC)NCC1CCC. The summed E-state index contributed by atoms with van der Waals surface area (Å²) in [5.74, 6) is 0. The molecule has 0 aliphatic carbocycles. The van der Waals surface area contributed by atoms with Gasteiger partial charge in [-0.1, -0.05) is 65.7 Å². The molecule has 2 heteroatoms. The lowest BCUT2D eigenvalue weighted by molar-refractivity contribution is 0.117. The van der Waals surface area contributed by atoms with Crippen molar-refractivity contribution in [2.45, 2.75) is 97.1 Å². The van der Waals surface area contributed by atoms with Gasteiger partial charge in [-0.3, -0.25) is 4.90 Å². The second-order valence-corrected chi connectivity index (χ2v) is 6.60. The van der Waals surface area contributed by atoms with Crippen LogP contribution in [0.5, 0.6) is 0 Å². The number of rotatable bonds is 11. The minimum absolute atomic E-state index is 0.744. The summed E-state index contributed by atoms with van der Waals surface area (Å²) in [7, 11) is 0. The molecule has 0 aromatic carbocycles. The standard InChI is InChI=1S/C18H38N2/c1-4-7-8-9-10-11-14-20-16-17(12-5-2)19-15-18(20)13-6-3/h17-19H,4-16H2,1-3H3. The van der Waals surface area contributed by atoms with Gasteiger partial charge in [0.1, 0.15) is 0 Å². The van der Waals surface area contributed by atoms with Gasteiger partial charge in [-0.25, -0.2) is 0 Å². The van der Waals surface area contributed by atoms with E-state index in [2.05, 4.69) is 31.0 Å². The van der Waals surface area contributed by atoms with Gasteiger partial charge in [0, 0.05) is 25.2 Å². The van der Waals surface area contributed by atoms with Crippen molar-refractivity contribution in [3.8, 4) is 0 Å². The van der Waals surface area contributed by atoms with Gasteiger partial charge in [-0.2, -0.15) is 0 Å². The van der Waals surface area contributed by atoms with Gasteiger partial charge in [-0.05, 0) is 25.8 Å². The van der Waals surface area contributed by atoms with Crippen LogP contribution < -0.4 is 5.32 Å². The van der Waals surface area contributed by atoms with Crippen molar-refractivity contribution in [2.75, 3.05) is 19.6 Å². The van der Waals surface area contributed by atoms with E-state index in [1.807, 2.05) is 0 Å². The van der Waals surface area contributed by atoms with Crippen LogP contribution in [0, 0.1) is 0 Å². The molecule has 1 fully saturated rings. The van der Waals surface area contributed by atoms with E-state index in [1.54, 1.807) is 0 Å². The van der Waals surface area contributed by atoms with E-state index in [1.165, 1.54) is 83.8 Å². The Kier molecular flexibility index (Phi) is 10.4. The molecule has 1 rings (SSSR count). The van der Waals surface area contributed by atoms with Crippen molar-refractivity contribution in [2.24, 2.45) is 0 Å². The Morgan fingerprint density at radius 1 is 0.850 bits per heavy atom. The minimum Gasteiger partial charge on any atom is -0.311 e. The van der Waals surface area contributed by atoms with Crippen LogP contribution in [-0.2, 0) is 0 Å². The number of nitrogens with zero attached hydrogens (tertiary/aromatic N) is 1. The Morgan fingerprint density at radius 3 is 2.25 bits per heavy atom. The van der Waals surface area contributed by atoms with Gasteiger partial charge in [0.25, 0.3) is 0 Å². The van der Waals surface area contributed by atoms with E-state index >= 15 is 0 Å². The first-order chi connectivity index (χ1) is 9.81. The zero-order chi connectivity index (χ0) is 14.6. The van der Waals surface area contributed by atoms with Crippen molar-refractivity contribution < 1.29 is 0 Å². The molecule has 2 atom stereocenters. The molecule has 0 aromatic heterocycles. The number of hydrogen-bond donors (Lipinski definition) is 1. The zero-order valence-electron chi connectivity index (χ0n) is 14.3. The molecule has 0 saturated carbocycles. The summed E-state index contributed by atoms with van der Waals surface area (Å²) in [6.45, 7) is 10.8. The number of piperazine rings is 1. The summed E-state index contributed by atoms with van der Waals surface area (Å²) in [5, 5.41) is 3.76. The minimum atomic E-state index is 0.744. The third-order valence-corrected chi connectivity index (χ3v) is 4.67. The monoisotopic (exact) mass is 282 g/mol. The molecule has 120 valence electrons. The highest BCUT2D eigenvalue weighted by Gasteiger charge is 2.25. The Balaban J connectivity index is 2.24. The van der Waals surface area contributed by atoms with Gasteiger partial charge in [-0.15, -0.1) is 0 Å². The van der Waals surface area contributed by atoms with Gasteiger partial charge in [0.05, 0.1) is 0 Å². The Labute approximate surface area is 127 Å². The third kappa shape index (κ3) is 7.08. The lowest BCUT2D eigenvalue weighted by Gasteiger charge is -2.40. The highest BCUT2D eigenvalue weighted by molar-refractivity contribution is 4.85. The fraction of sp³-hybridized carbons (Fsp3) is 1.00. The molecule has 20 heavy (non-hydrogen) atoms. The highest BCUT2D eigenvalue weighted by Crippen LogP contribution is 2.16. The summed E-state index contributed by atoms with van der Waals surface area (Å²) in [6.07, 6.45) is 13.8. The maximum Gasteiger partial charge on any atom is 0.0221 e. The molecule has 0 amide bonds. The topological polar surface area (TPSA) is 15.3 Å². The molecule has 0 radical (unpaired) electrons. The molecule has 1 heterocycles. The van der Waals surface area contributed by atoms with Crippen LogP contribution >= 0.6 is 0 Å². The summed E-state index contributed by atoms with van der Waals surface area (Å²) < 4.78 is 0. The molecule has 0 bridgehead atoms. The normalized spacial score (nSPS) is 24.1. The molecule has 0 aromatic rings. The first kappa shape index (κ1) is 18.0. The quantitative estimate of drug-likeness (QED) is 0.558. The van der Waals surface area contributed by atoms with Crippen LogP contribution in [0.2, 0.25) is 0 Å². The fourth-order valence-electron chi connectivity index (χ4n) is 3.46. The summed E-state index contributed by atoms with van der Waals surface area (Å²) in [4.78, 5) is 2.79. The first-order valence-corrected chi connectivity index (χ1v) is 9.29. The second-order valence-electron chi connectivity index (χ2n) is 6.60. The van der Waals surface area contributed by atoms with E-state index in [-0.39, 0.29) is 0 Å². The Morgan fingerprint density at radius 2 is 1.55 bits per heavy atom. The van der Waals surface area contributed by atoms with E-state index in [9.17, 15) is 0 Å². The Hall–Kier alpha value is -0.0800. The predicted molar refractivity (Wildman–Crippen MR) is 90.3 cm³/mol. The number of hydrogen-bond acceptors (Lipinski definition) is 2. The maximum atomic E-state index is 3.76. The first-order valence-electron chi connectivity index (χ1n) is 9.29. The predicted octanol–water partition coefficient (Wildman–Crippen LogP) is 4.59. The van der Waals surface area contributed by atoms with Crippen LogP contribution in [0.4, 0.5) is 0 Å². The molecule has 1 N–H and O–H groups in total. The van der Waals surface area contributed by atoms with Gasteiger partial charge in [0.2, 0.25) is 0 Å². The van der Waals surface area contributed by atoms with E-state index in [0.29, 0.717) is 0 Å². The van der Waals surface area contributed by atoms with Crippen molar-refractivity contribution >= 4 is 0 Å². The van der Waals surface area contributed by atoms with Crippen molar-refractivity contribution in [3.05, 3.63) is 0 Å². The summed E-state index contributed by atoms with van der Waals surface area (Å²) >= 11 is 0. The molecule has 0 spiro atoms. The fourth-order valence-corrected chi connectivity index (χ4v) is 3.46. The van der Waals surface area contributed by atoms with Crippen LogP contribution in [0.3, 0.4) is 0 Å². The number of unbranched alkanes of at least 4 members (excludes halogenated alkanes) is 5. The Bertz CT molecular complexity index is 217. The average Bonchev–Trinajstić information content (AvgIpc) is 2.45. The maximum absolute atomic E-state index is 3.76. The lowest BCUT2D eigenvalue weighted by Crippen LogP contribution is -2.56. The van der Waals surface area contributed by atoms with E-state index < -0.39 is 0 Å². The summed E-state index contributed by atoms with van der Waals surface area (Å²) in [6, 6.07) is 1.54. The molecule has 2 unspecified atom stereocenters. The molecule has 1 saturated heterocycles. The molecule has 1 aliphatic rings. The van der Waals surface area contributed by atoms with Crippen LogP contribution in [0.1, 0.15) is 85.0 Å². The molecular formula is C18H38N2. The van der Waals surface area contributed by atoms with Gasteiger partial charge < -0.3 is 5.32 Å². The van der Waals surface area contributed by atoms with E-state index in [0.717, 1.165) is 12.1 Å². The van der Waals surface area contributed by atoms with Crippen LogP contribution in [0.15, 0.2) is 0 Å². The largest absolute Gasteiger partial charge is 0.311 e. The second kappa shape index (κ2) is 11.6.